The van der Waals surface area contributed by atoms with Gasteiger partial charge in [-0.2, -0.15) is 0 Å². The van der Waals surface area contributed by atoms with Crippen molar-refractivity contribution in [1.82, 2.24) is 4.98 Å². The third-order valence-corrected chi connectivity index (χ3v) is 6.84. The number of carbonyl (C=O) groups is 1. The highest BCUT2D eigenvalue weighted by atomic mass is 32.2. The van der Waals surface area contributed by atoms with Crippen molar-refractivity contribution in [2.24, 2.45) is 0 Å². The normalized spacial score (nSPS) is 11.3. The van der Waals surface area contributed by atoms with Crippen LogP contribution in [0.3, 0.4) is 0 Å². The fourth-order valence-corrected chi connectivity index (χ4v) is 5.18. The van der Waals surface area contributed by atoms with E-state index in [2.05, 4.69) is 15.0 Å². The van der Waals surface area contributed by atoms with Crippen LogP contribution < -0.4 is 14.8 Å². The van der Waals surface area contributed by atoms with Gasteiger partial charge in [0, 0.05) is 28.0 Å². The van der Waals surface area contributed by atoms with Crippen molar-refractivity contribution in [3.63, 3.8) is 0 Å². The molecule has 0 bridgehead atoms. The predicted octanol–water partition coefficient (Wildman–Crippen LogP) is 4.29. The Morgan fingerprint density at radius 1 is 1.03 bits per heavy atom. The maximum Gasteiger partial charge on any atom is 0.264 e. The molecule has 7 nitrogen and oxygen atoms in total. The van der Waals surface area contributed by atoms with Crippen molar-refractivity contribution in [3.8, 4) is 5.75 Å². The lowest BCUT2D eigenvalue weighted by molar-refractivity contribution is -0.115. The molecule has 0 saturated heterocycles. The summed E-state index contributed by atoms with van der Waals surface area (Å²) >= 11 is 1.20. The first-order valence-corrected chi connectivity index (χ1v) is 11.7. The molecule has 158 valence electrons. The van der Waals surface area contributed by atoms with Gasteiger partial charge in [0.1, 0.15) is 5.75 Å². The van der Waals surface area contributed by atoms with Crippen LogP contribution >= 0.6 is 11.3 Å². The third-order valence-electron chi connectivity index (χ3n) is 4.63. The molecule has 0 spiro atoms. The van der Waals surface area contributed by atoms with Crippen LogP contribution in [0.4, 0.5) is 10.8 Å². The summed E-state index contributed by atoms with van der Waals surface area (Å²) < 4.78 is 33.4. The van der Waals surface area contributed by atoms with E-state index in [0.717, 1.165) is 11.3 Å². The van der Waals surface area contributed by atoms with Gasteiger partial charge in [0.2, 0.25) is 5.91 Å². The molecule has 0 saturated carbocycles. The van der Waals surface area contributed by atoms with Gasteiger partial charge in [-0.05, 0) is 29.8 Å². The summed E-state index contributed by atoms with van der Waals surface area (Å²) in [4.78, 5) is 16.7. The molecule has 0 fully saturated rings. The first kappa shape index (κ1) is 20.8. The molecule has 0 aliphatic carbocycles. The maximum atomic E-state index is 12.9. The zero-order valence-electron chi connectivity index (χ0n) is 16.5. The van der Waals surface area contributed by atoms with Crippen LogP contribution in [0.15, 0.2) is 77.1 Å². The zero-order valence-corrected chi connectivity index (χ0v) is 18.2. The number of fused-ring (bicyclic) bond motifs is 1. The van der Waals surface area contributed by atoms with E-state index < -0.39 is 10.0 Å². The number of nitrogens with zero attached hydrogens (tertiary/aromatic N) is 1. The molecule has 31 heavy (non-hydrogen) atoms. The number of sulfonamides is 1. The Bertz CT molecular complexity index is 1320. The van der Waals surface area contributed by atoms with Gasteiger partial charge in [-0.3, -0.25) is 9.52 Å². The molecule has 4 rings (SSSR count). The molecule has 2 N–H and O–H groups in total. The number of nitrogens with one attached hydrogen (secondary N) is 2. The summed E-state index contributed by atoms with van der Waals surface area (Å²) in [6.45, 7) is 0. The lowest BCUT2D eigenvalue weighted by Crippen LogP contribution is -2.16. The van der Waals surface area contributed by atoms with E-state index in [1.54, 1.807) is 55.0 Å². The van der Waals surface area contributed by atoms with Gasteiger partial charge in [-0.15, -0.1) is 11.3 Å². The van der Waals surface area contributed by atoms with Crippen LogP contribution in [0.5, 0.6) is 5.75 Å². The molecule has 0 aliphatic rings. The van der Waals surface area contributed by atoms with Crippen LogP contribution in [0.1, 0.15) is 5.56 Å². The van der Waals surface area contributed by atoms with Crippen molar-refractivity contribution in [3.05, 3.63) is 77.8 Å². The van der Waals surface area contributed by atoms with Crippen molar-refractivity contribution in [1.29, 1.82) is 0 Å². The van der Waals surface area contributed by atoms with E-state index in [1.165, 1.54) is 23.6 Å². The molecular weight excluding hydrogens is 434 g/mol. The van der Waals surface area contributed by atoms with Gasteiger partial charge in [-0.1, -0.05) is 36.4 Å². The Morgan fingerprint density at radius 3 is 2.45 bits per heavy atom. The van der Waals surface area contributed by atoms with Gasteiger partial charge in [-0.25, -0.2) is 13.4 Å². The molecule has 4 aromatic rings. The number of rotatable bonds is 7. The van der Waals surface area contributed by atoms with Crippen LogP contribution in [-0.2, 0) is 21.2 Å². The van der Waals surface area contributed by atoms with E-state index in [-0.39, 0.29) is 17.2 Å². The van der Waals surface area contributed by atoms with E-state index >= 15 is 0 Å². The second kappa shape index (κ2) is 8.75. The maximum absolute atomic E-state index is 12.9. The summed E-state index contributed by atoms with van der Waals surface area (Å²) in [6.07, 6.45) is 1.71. The monoisotopic (exact) mass is 453 g/mol. The van der Waals surface area contributed by atoms with Crippen LogP contribution in [0.2, 0.25) is 0 Å². The number of hydrogen-bond donors (Lipinski definition) is 2. The summed E-state index contributed by atoms with van der Waals surface area (Å²) in [5, 5.41) is 6.02. The standard InChI is InChI=1S/C22H19N3O4S2/c1-29-16-8-6-15(7-9-16)14-21(26)24-19-10-11-20(18-5-3-2-4-17(18)19)31(27,28)25-22-23-12-13-30-22/h2-13H,14H2,1H3,(H,23,25)(H,24,26). The molecule has 9 heteroatoms. The minimum absolute atomic E-state index is 0.117. The summed E-state index contributed by atoms with van der Waals surface area (Å²) in [7, 11) is -2.25. The molecule has 3 aromatic carbocycles. The number of benzene rings is 3. The minimum atomic E-state index is -3.84. The van der Waals surface area contributed by atoms with E-state index in [4.69, 9.17) is 4.74 Å². The SMILES string of the molecule is COc1ccc(CC(=O)Nc2ccc(S(=O)(=O)Nc3nccs3)c3ccccc23)cc1. The third kappa shape index (κ3) is 4.68. The molecule has 1 aromatic heterocycles. The molecule has 0 radical (unpaired) electrons. The highest BCUT2D eigenvalue weighted by Crippen LogP contribution is 2.31. The first-order chi connectivity index (χ1) is 15.0. The van der Waals surface area contributed by atoms with Gasteiger partial charge < -0.3 is 10.1 Å². The molecule has 0 unspecified atom stereocenters. The second-order valence-corrected chi connectivity index (χ2v) is 9.22. The van der Waals surface area contributed by atoms with E-state index in [0.29, 0.717) is 21.6 Å². The Labute approximate surface area is 183 Å². The van der Waals surface area contributed by atoms with Gasteiger partial charge >= 0.3 is 0 Å². The van der Waals surface area contributed by atoms with Crippen LogP contribution in [0, 0.1) is 0 Å². The Morgan fingerprint density at radius 2 is 1.77 bits per heavy atom. The van der Waals surface area contributed by atoms with Crippen molar-refractivity contribution in [2.75, 3.05) is 17.1 Å². The number of amides is 1. The van der Waals surface area contributed by atoms with Crippen molar-refractivity contribution >= 4 is 48.9 Å². The molecule has 0 atom stereocenters. The Kier molecular flexibility index (Phi) is 5.88. The Hall–Kier alpha value is -3.43. The smallest absolute Gasteiger partial charge is 0.264 e. The fourth-order valence-electron chi connectivity index (χ4n) is 3.18. The van der Waals surface area contributed by atoms with E-state index in [9.17, 15) is 13.2 Å². The number of ether oxygens (including phenoxy) is 1. The number of thiazole rings is 1. The zero-order chi connectivity index (χ0) is 21.8. The average molecular weight is 454 g/mol. The van der Waals surface area contributed by atoms with Gasteiger partial charge in [0.15, 0.2) is 5.13 Å². The number of methoxy groups -OCH3 is 1. The van der Waals surface area contributed by atoms with E-state index in [1.807, 2.05) is 12.1 Å². The highest BCUT2D eigenvalue weighted by molar-refractivity contribution is 7.93. The van der Waals surface area contributed by atoms with Crippen molar-refractivity contribution < 1.29 is 17.9 Å². The quantitative estimate of drug-likeness (QED) is 0.435. The highest BCUT2D eigenvalue weighted by Gasteiger charge is 2.20. The minimum Gasteiger partial charge on any atom is -0.497 e. The molecule has 0 aliphatic heterocycles. The lowest BCUT2D eigenvalue weighted by atomic mass is 10.1. The molecular formula is C22H19N3O4S2. The fraction of sp³-hybridized carbons (Fsp3) is 0.0909. The summed E-state index contributed by atoms with van der Waals surface area (Å²) in [5.74, 6) is 0.519. The van der Waals surface area contributed by atoms with Crippen molar-refractivity contribution in [2.45, 2.75) is 11.3 Å². The van der Waals surface area contributed by atoms with Crippen LogP contribution in [-0.4, -0.2) is 26.4 Å². The molecule has 1 heterocycles. The number of hydrogen-bond acceptors (Lipinski definition) is 6. The summed E-state index contributed by atoms with van der Waals surface area (Å²) in [5.41, 5.74) is 1.39. The predicted molar refractivity (Wildman–Crippen MR) is 122 cm³/mol. The number of carbonyl (C=O) groups excluding carboxylic acids is 1. The summed E-state index contributed by atoms with van der Waals surface area (Å²) in [6, 6.07) is 17.4. The van der Waals surface area contributed by atoms with Crippen LogP contribution in [0.25, 0.3) is 10.8 Å². The first-order valence-electron chi connectivity index (χ1n) is 9.33. The number of anilines is 2. The Balaban J connectivity index is 1.61. The lowest BCUT2D eigenvalue weighted by Gasteiger charge is -2.13. The number of aromatic nitrogens is 1. The van der Waals surface area contributed by atoms with Gasteiger partial charge in [0.25, 0.3) is 10.0 Å². The largest absolute Gasteiger partial charge is 0.497 e. The second-order valence-electron chi connectivity index (χ2n) is 6.67. The molecule has 1 amide bonds. The van der Waals surface area contributed by atoms with Gasteiger partial charge in [0.05, 0.1) is 18.4 Å². The topological polar surface area (TPSA) is 97.4 Å². The average Bonchev–Trinajstić information content (AvgIpc) is 3.26.